The first-order chi connectivity index (χ1) is 14.3. The minimum absolute atomic E-state index is 0.0728. The molecule has 3 aromatic heterocycles. The van der Waals surface area contributed by atoms with Gasteiger partial charge in [0, 0.05) is 43.0 Å². The minimum atomic E-state index is 0.0728. The number of nitrogens with zero attached hydrogens (tertiary/aromatic N) is 5. The van der Waals surface area contributed by atoms with Gasteiger partial charge in [-0.15, -0.1) is 0 Å². The quantitative estimate of drug-likeness (QED) is 0.540. The van der Waals surface area contributed by atoms with Crippen LogP contribution in [0.5, 0.6) is 5.88 Å². The number of nitriles is 1. The van der Waals surface area contributed by atoms with E-state index in [1.54, 1.807) is 42.1 Å². The maximum absolute atomic E-state index is 8.91. The monoisotopic (exact) mass is 400 g/mol. The van der Waals surface area contributed by atoms with Gasteiger partial charge in [0.2, 0.25) is 5.88 Å². The lowest BCUT2D eigenvalue weighted by Crippen LogP contribution is -2.42. The van der Waals surface area contributed by atoms with Crippen LogP contribution in [0.1, 0.15) is 18.5 Å². The Morgan fingerprint density at radius 3 is 2.72 bits per heavy atom. The number of anilines is 1. The summed E-state index contributed by atoms with van der Waals surface area (Å²) in [7, 11) is 0. The Balaban J connectivity index is 1.24. The van der Waals surface area contributed by atoms with Crippen molar-refractivity contribution in [1.82, 2.24) is 19.9 Å². The summed E-state index contributed by atoms with van der Waals surface area (Å²) >= 11 is 1.67. The highest BCUT2D eigenvalue weighted by molar-refractivity contribution is 7.22. The molecule has 0 aliphatic heterocycles. The highest BCUT2D eigenvalue weighted by Crippen LogP contribution is 2.33. The predicted molar refractivity (Wildman–Crippen MR) is 111 cm³/mol. The molecule has 0 unspecified atom stereocenters. The summed E-state index contributed by atoms with van der Waals surface area (Å²) in [5, 5.41) is 13.3. The SMILES string of the molecule is N#Cc1ccc(-c2nccnc2OC2CC(Nc3nc4ccccc4s3)C2)cn1. The summed E-state index contributed by atoms with van der Waals surface area (Å²) < 4.78 is 7.28. The van der Waals surface area contributed by atoms with Crippen molar-refractivity contribution < 1.29 is 4.74 Å². The van der Waals surface area contributed by atoms with Gasteiger partial charge in [-0.2, -0.15) is 5.26 Å². The average molecular weight is 400 g/mol. The van der Waals surface area contributed by atoms with E-state index in [0.29, 0.717) is 23.3 Å². The van der Waals surface area contributed by atoms with Gasteiger partial charge in [-0.3, -0.25) is 0 Å². The van der Waals surface area contributed by atoms with Crippen LogP contribution in [-0.2, 0) is 0 Å². The van der Waals surface area contributed by atoms with Crippen LogP contribution in [0.4, 0.5) is 5.13 Å². The number of ether oxygens (including phenoxy) is 1. The second-order valence-electron chi connectivity index (χ2n) is 6.79. The smallest absolute Gasteiger partial charge is 0.240 e. The first-order valence-electron chi connectivity index (χ1n) is 9.25. The summed E-state index contributed by atoms with van der Waals surface area (Å²) in [6.45, 7) is 0. The number of hydrogen-bond acceptors (Lipinski definition) is 8. The molecule has 0 spiro atoms. The Kier molecular flexibility index (Phi) is 4.50. The van der Waals surface area contributed by atoms with Gasteiger partial charge in [0.05, 0.1) is 10.2 Å². The average Bonchev–Trinajstić information content (AvgIpc) is 3.15. The zero-order valence-corrected chi connectivity index (χ0v) is 16.1. The molecule has 1 N–H and O–H groups in total. The normalized spacial score (nSPS) is 18.0. The van der Waals surface area contributed by atoms with Crippen molar-refractivity contribution in [1.29, 1.82) is 5.26 Å². The molecule has 0 amide bonds. The lowest BCUT2D eigenvalue weighted by atomic mass is 9.89. The van der Waals surface area contributed by atoms with Crippen LogP contribution < -0.4 is 10.1 Å². The summed E-state index contributed by atoms with van der Waals surface area (Å²) in [5.41, 5.74) is 2.79. The molecule has 4 aromatic rings. The van der Waals surface area contributed by atoms with Crippen molar-refractivity contribution in [2.24, 2.45) is 0 Å². The van der Waals surface area contributed by atoms with Gasteiger partial charge < -0.3 is 10.1 Å². The molecular weight excluding hydrogens is 384 g/mol. The van der Waals surface area contributed by atoms with E-state index >= 15 is 0 Å². The molecule has 1 fully saturated rings. The summed E-state index contributed by atoms with van der Waals surface area (Å²) in [6, 6.07) is 13.9. The fourth-order valence-electron chi connectivity index (χ4n) is 3.26. The Morgan fingerprint density at radius 2 is 1.93 bits per heavy atom. The Labute approximate surface area is 171 Å². The second kappa shape index (κ2) is 7.45. The molecule has 3 heterocycles. The third-order valence-corrected chi connectivity index (χ3v) is 5.78. The molecule has 0 atom stereocenters. The number of pyridine rings is 1. The molecule has 1 aromatic carbocycles. The minimum Gasteiger partial charge on any atom is -0.473 e. The zero-order valence-electron chi connectivity index (χ0n) is 15.3. The van der Waals surface area contributed by atoms with Crippen LogP contribution in [0.15, 0.2) is 55.0 Å². The Morgan fingerprint density at radius 1 is 1.07 bits per heavy atom. The number of benzene rings is 1. The molecule has 1 saturated carbocycles. The van der Waals surface area contributed by atoms with Crippen molar-refractivity contribution in [2.75, 3.05) is 5.32 Å². The summed E-state index contributed by atoms with van der Waals surface area (Å²) in [4.78, 5) is 17.5. The topological polar surface area (TPSA) is 96.6 Å². The molecule has 7 nitrogen and oxygen atoms in total. The van der Waals surface area contributed by atoms with Crippen LogP contribution in [0, 0.1) is 11.3 Å². The fraction of sp³-hybridized carbons (Fsp3) is 0.190. The number of hydrogen-bond donors (Lipinski definition) is 1. The predicted octanol–water partition coefficient (Wildman–Crippen LogP) is 4.04. The highest BCUT2D eigenvalue weighted by atomic mass is 32.1. The number of para-hydroxylation sites is 1. The van der Waals surface area contributed by atoms with Gasteiger partial charge in [0.25, 0.3) is 0 Å². The summed E-state index contributed by atoms with van der Waals surface area (Å²) in [5.74, 6) is 0.488. The van der Waals surface area contributed by atoms with Crippen molar-refractivity contribution in [3.05, 3.63) is 60.7 Å². The second-order valence-corrected chi connectivity index (χ2v) is 7.82. The molecule has 29 heavy (non-hydrogen) atoms. The van der Waals surface area contributed by atoms with Crippen molar-refractivity contribution in [3.8, 4) is 23.2 Å². The van der Waals surface area contributed by atoms with Gasteiger partial charge >= 0.3 is 0 Å². The Bertz CT molecular complexity index is 1160. The molecule has 5 rings (SSSR count). The van der Waals surface area contributed by atoms with E-state index < -0.39 is 0 Å². The number of rotatable bonds is 5. The van der Waals surface area contributed by atoms with Crippen LogP contribution in [0.2, 0.25) is 0 Å². The standard InChI is InChI=1S/C21H16N6OS/c22-11-14-6-5-13(12-25-14)19-20(24-8-7-23-19)28-16-9-15(10-16)26-21-27-17-3-1-2-4-18(17)29-21/h1-8,12,15-16H,9-10H2,(H,26,27). The number of aromatic nitrogens is 4. The first kappa shape index (κ1) is 17.5. The van der Waals surface area contributed by atoms with Crippen molar-refractivity contribution in [3.63, 3.8) is 0 Å². The zero-order chi connectivity index (χ0) is 19.6. The molecule has 8 heteroatoms. The van der Waals surface area contributed by atoms with Gasteiger partial charge in [-0.1, -0.05) is 23.5 Å². The maximum atomic E-state index is 8.91. The molecule has 0 saturated heterocycles. The van der Waals surface area contributed by atoms with Gasteiger partial charge in [0.1, 0.15) is 23.6 Å². The number of fused-ring (bicyclic) bond motifs is 1. The summed E-state index contributed by atoms with van der Waals surface area (Å²) in [6.07, 6.45) is 6.68. The van der Waals surface area contributed by atoms with E-state index in [1.807, 2.05) is 24.3 Å². The highest BCUT2D eigenvalue weighted by Gasteiger charge is 2.32. The van der Waals surface area contributed by atoms with Crippen molar-refractivity contribution >= 4 is 26.7 Å². The number of thiazole rings is 1. The fourth-order valence-corrected chi connectivity index (χ4v) is 4.20. The van der Waals surface area contributed by atoms with E-state index in [2.05, 4.69) is 31.3 Å². The maximum Gasteiger partial charge on any atom is 0.240 e. The third kappa shape index (κ3) is 3.60. The Hall–Kier alpha value is -3.57. The first-order valence-corrected chi connectivity index (χ1v) is 10.1. The van der Waals surface area contributed by atoms with Gasteiger partial charge in [0.15, 0.2) is 5.13 Å². The van der Waals surface area contributed by atoms with Gasteiger partial charge in [-0.05, 0) is 24.3 Å². The lowest BCUT2D eigenvalue weighted by molar-refractivity contribution is 0.103. The molecule has 1 aliphatic carbocycles. The molecule has 142 valence electrons. The third-order valence-electron chi connectivity index (χ3n) is 4.81. The molecular formula is C21H16N6OS. The van der Waals surface area contributed by atoms with Crippen LogP contribution in [-0.4, -0.2) is 32.1 Å². The largest absolute Gasteiger partial charge is 0.473 e. The van der Waals surface area contributed by atoms with Gasteiger partial charge in [-0.25, -0.2) is 19.9 Å². The van der Waals surface area contributed by atoms with Crippen LogP contribution in [0.3, 0.4) is 0 Å². The number of nitrogens with one attached hydrogen (secondary N) is 1. The van der Waals surface area contributed by atoms with E-state index in [1.165, 1.54) is 4.70 Å². The van der Waals surface area contributed by atoms with Crippen LogP contribution in [0.25, 0.3) is 21.5 Å². The van der Waals surface area contributed by atoms with E-state index in [9.17, 15) is 0 Å². The lowest BCUT2D eigenvalue weighted by Gasteiger charge is -2.35. The molecule has 0 radical (unpaired) electrons. The van der Waals surface area contributed by atoms with Crippen LogP contribution >= 0.6 is 11.3 Å². The van der Waals surface area contributed by atoms with E-state index in [-0.39, 0.29) is 6.10 Å². The molecule has 1 aliphatic rings. The van der Waals surface area contributed by atoms with Crippen molar-refractivity contribution in [2.45, 2.75) is 25.0 Å². The molecule has 0 bridgehead atoms. The van der Waals surface area contributed by atoms with E-state index in [0.717, 1.165) is 29.1 Å². The van der Waals surface area contributed by atoms with E-state index in [4.69, 9.17) is 10.00 Å².